The van der Waals surface area contributed by atoms with E-state index in [0.717, 1.165) is 0 Å². The highest BCUT2D eigenvalue weighted by atomic mass is 79.9. The Bertz CT molecular complexity index is 446. The van der Waals surface area contributed by atoms with Gasteiger partial charge in [0.05, 0.1) is 6.07 Å². The Hall–Kier alpha value is -1.37. The van der Waals surface area contributed by atoms with Crippen LogP contribution in [0.3, 0.4) is 0 Å². The van der Waals surface area contributed by atoms with Crippen LogP contribution in [0.2, 0.25) is 0 Å². The Balaban J connectivity index is 2.79. The van der Waals surface area contributed by atoms with Gasteiger partial charge in [0.25, 0.3) is 12.7 Å². The zero-order chi connectivity index (χ0) is 13.1. The third-order valence-electron chi connectivity index (χ3n) is 1.80. The molecule has 0 aliphatic carbocycles. The van der Waals surface area contributed by atoms with E-state index in [1.165, 1.54) is 18.2 Å². The minimum Gasteiger partial charge on any atom is -0.343 e. The maximum absolute atomic E-state index is 11.9. The van der Waals surface area contributed by atoms with Crippen molar-refractivity contribution in [3.63, 3.8) is 0 Å². The van der Waals surface area contributed by atoms with E-state index in [4.69, 9.17) is 0 Å². The summed E-state index contributed by atoms with van der Waals surface area (Å²) in [6.45, 7) is 1.79. The van der Waals surface area contributed by atoms with E-state index in [1.54, 1.807) is 5.32 Å². The maximum atomic E-state index is 11.9. The molecular formula is C10H8BrF3NO2+. The summed E-state index contributed by atoms with van der Waals surface area (Å²) in [5.41, 5.74) is 0.0658. The molecule has 0 saturated heterocycles. The van der Waals surface area contributed by atoms with Gasteiger partial charge in [-0.15, -0.1) is 0 Å². The van der Waals surface area contributed by atoms with Crippen molar-refractivity contribution >= 4 is 28.6 Å². The van der Waals surface area contributed by atoms with E-state index < -0.39 is 18.6 Å². The number of halogens is 4. The van der Waals surface area contributed by atoms with E-state index in [-0.39, 0.29) is 11.3 Å². The van der Waals surface area contributed by atoms with E-state index in [0.29, 0.717) is 4.47 Å². The van der Waals surface area contributed by atoms with Gasteiger partial charge in [0.15, 0.2) is 0 Å². The van der Waals surface area contributed by atoms with Crippen molar-refractivity contribution in [3.05, 3.63) is 28.2 Å². The lowest BCUT2D eigenvalue weighted by atomic mass is 10.2. The summed E-state index contributed by atoms with van der Waals surface area (Å²) < 4.78 is 40.9. The topological polar surface area (TPSA) is 40.4 Å². The first kappa shape index (κ1) is 13.7. The zero-order valence-corrected chi connectivity index (χ0v) is 10.1. The minimum atomic E-state index is -4.43. The molecule has 0 saturated carbocycles. The molecular weight excluding hydrogens is 303 g/mol. The number of carbonyl (C=O) groups excluding carboxylic acids is 2. The predicted octanol–water partition coefficient (Wildman–Crippen LogP) is 2.82. The van der Waals surface area contributed by atoms with E-state index in [9.17, 15) is 18.0 Å². The normalized spacial score (nSPS) is 11.1. The Labute approximate surface area is 103 Å². The quantitative estimate of drug-likeness (QED) is 0.857. The van der Waals surface area contributed by atoms with Crippen molar-refractivity contribution in [1.82, 2.24) is 5.32 Å². The van der Waals surface area contributed by atoms with Crippen LogP contribution in [0.4, 0.5) is 13.2 Å². The van der Waals surface area contributed by atoms with Crippen molar-refractivity contribution in [2.75, 3.05) is 6.54 Å². The fraction of sp³-hybridized carbons (Fsp3) is 0.200. The Kier molecular flexibility index (Phi) is 4.28. The molecule has 0 atom stereocenters. The lowest BCUT2D eigenvalue weighted by Gasteiger charge is -2.07. The Morgan fingerprint density at radius 3 is 2.65 bits per heavy atom. The number of nitrogens with one attached hydrogen (secondary N) is 1. The first-order valence-corrected chi connectivity index (χ1v) is 5.19. The van der Waals surface area contributed by atoms with E-state index >= 15 is 0 Å². The number of rotatable bonds is 3. The van der Waals surface area contributed by atoms with Gasteiger partial charge >= 0.3 is 11.9 Å². The molecule has 0 aromatic heterocycles. The third-order valence-corrected chi connectivity index (χ3v) is 2.45. The second-order valence-electron chi connectivity index (χ2n) is 3.09. The number of carbonyl (C=O) groups is 1. The minimum absolute atomic E-state index is 0.0658. The molecule has 3 nitrogen and oxygen atoms in total. The van der Waals surface area contributed by atoms with Crippen LogP contribution in [0.1, 0.15) is 10.4 Å². The van der Waals surface area contributed by atoms with Crippen molar-refractivity contribution < 1.29 is 22.4 Å². The molecule has 1 aromatic carbocycles. The molecule has 0 unspecified atom stereocenters. The molecule has 0 heterocycles. The number of benzene rings is 1. The maximum Gasteiger partial charge on any atom is 0.405 e. The lowest BCUT2D eigenvalue weighted by Crippen LogP contribution is -2.33. The van der Waals surface area contributed by atoms with Crippen LogP contribution in [0.15, 0.2) is 22.7 Å². The fourth-order valence-corrected chi connectivity index (χ4v) is 1.40. The van der Waals surface area contributed by atoms with Gasteiger partial charge in [-0.25, -0.2) is 4.42 Å². The first-order chi connectivity index (χ1) is 7.83. The fourth-order valence-electron chi connectivity index (χ4n) is 1.04. The van der Waals surface area contributed by atoms with E-state index in [2.05, 4.69) is 27.1 Å². The summed E-state index contributed by atoms with van der Waals surface area (Å²) >= 11 is 3.13. The molecule has 1 aromatic rings. The van der Waals surface area contributed by atoms with Crippen LogP contribution in [0.5, 0.6) is 5.75 Å². The molecule has 7 heteroatoms. The highest BCUT2D eigenvalue weighted by molar-refractivity contribution is 9.10. The third kappa shape index (κ3) is 4.18. The van der Waals surface area contributed by atoms with Gasteiger partial charge in [-0.3, -0.25) is 4.79 Å². The summed E-state index contributed by atoms with van der Waals surface area (Å²) in [7, 11) is 0. The van der Waals surface area contributed by atoms with Gasteiger partial charge in [-0.2, -0.15) is 13.2 Å². The Morgan fingerprint density at radius 1 is 1.47 bits per heavy atom. The van der Waals surface area contributed by atoms with Gasteiger partial charge in [-0.1, -0.05) is 0 Å². The van der Waals surface area contributed by atoms with Crippen LogP contribution in [-0.4, -0.2) is 25.4 Å². The molecule has 0 bridgehead atoms. The van der Waals surface area contributed by atoms with Gasteiger partial charge in [0.2, 0.25) is 0 Å². The second-order valence-corrected chi connectivity index (χ2v) is 3.94. The van der Waals surface area contributed by atoms with Crippen molar-refractivity contribution in [2.45, 2.75) is 6.18 Å². The van der Waals surface area contributed by atoms with Crippen LogP contribution in [-0.2, 0) is 4.42 Å². The molecule has 0 spiro atoms. The van der Waals surface area contributed by atoms with Crippen LogP contribution in [0, 0.1) is 0 Å². The smallest absolute Gasteiger partial charge is 0.343 e. The van der Waals surface area contributed by atoms with Crippen LogP contribution < -0.4 is 5.32 Å². The average molecular weight is 311 g/mol. The molecule has 0 fully saturated rings. The highest BCUT2D eigenvalue weighted by Gasteiger charge is 2.28. The largest absolute Gasteiger partial charge is 0.405 e. The second kappa shape index (κ2) is 5.31. The molecule has 1 amide bonds. The monoisotopic (exact) mass is 310 g/mol. The highest BCUT2D eigenvalue weighted by Crippen LogP contribution is 2.25. The summed E-state index contributed by atoms with van der Waals surface area (Å²) in [4.78, 5) is 11.4. The van der Waals surface area contributed by atoms with Gasteiger partial charge in [0.1, 0.15) is 11.0 Å². The number of amides is 1. The number of alkyl halides is 3. The molecule has 0 aliphatic rings. The van der Waals surface area contributed by atoms with Crippen molar-refractivity contribution in [1.29, 1.82) is 0 Å². The summed E-state index contributed by atoms with van der Waals surface area (Å²) in [6.07, 6.45) is -4.43. The zero-order valence-electron chi connectivity index (χ0n) is 8.47. The lowest BCUT2D eigenvalue weighted by molar-refractivity contribution is -0.355. The predicted molar refractivity (Wildman–Crippen MR) is 59.1 cm³/mol. The van der Waals surface area contributed by atoms with Crippen molar-refractivity contribution in [3.8, 4) is 5.75 Å². The summed E-state index contributed by atoms with van der Waals surface area (Å²) in [5, 5.41) is 1.75. The van der Waals surface area contributed by atoms with Gasteiger partial charge in [-0.05, 0) is 28.1 Å². The summed E-state index contributed by atoms with van der Waals surface area (Å²) in [5.74, 6) is -0.558. The van der Waals surface area contributed by atoms with E-state index in [1.807, 2.05) is 0 Å². The SMILES string of the molecule is C=[O+]c1cc(C(=O)NCC(F)(F)F)ccc1Br. The number of hydrogen-bond donors (Lipinski definition) is 1. The molecule has 0 radical (unpaired) electrons. The van der Waals surface area contributed by atoms with Crippen LogP contribution >= 0.6 is 15.9 Å². The van der Waals surface area contributed by atoms with Gasteiger partial charge < -0.3 is 5.32 Å². The van der Waals surface area contributed by atoms with Gasteiger partial charge in [0, 0.05) is 5.56 Å². The molecule has 0 aliphatic heterocycles. The molecule has 92 valence electrons. The standard InChI is InChI=1S/C10H7BrF3NO2/c1-17-8-4-6(2-3-7(8)11)9(16)15-5-10(12,13)14/h2-4H,1,5H2/p+1. The molecule has 17 heavy (non-hydrogen) atoms. The summed E-state index contributed by atoms with van der Waals surface area (Å²) in [6, 6.07) is 4.16. The molecule has 1 N–H and O–H groups in total. The van der Waals surface area contributed by atoms with Crippen molar-refractivity contribution in [2.24, 2.45) is 0 Å². The number of hydrogen-bond acceptors (Lipinski definition) is 1. The first-order valence-electron chi connectivity index (χ1n) is 4.40. The Morgan fingerprint density at radius 2 is 2.12 bits per heavy atom. The average Bonchev–Trinajstić information content (AvgIpc) is 2.25. The van der Waals surface area contributed by atoms with Crippen LogP contribution in [0.25, 0.3) is 0 Å². The molecule has 1 rings (SSSR count).